The molecule has 0 aromatic heterocycles. The number of thiocarbonyl (C=S) groups is 2. The first kappa shape index (κ1) is 38.4. The van der Waals surface area contributed by atoms with Gasteiger partial charge in [-0.2, -0.15) is 0 Å². The standard InChI is InChI=1S/2C13H27NS2.Pd/c2*1-3-5-7-9-11-14(13(15)16)12-10-8-6-4-2;/h2*3-12H2,1-2H3,(H,15,16);/q;;+2/p-2. The minimum absolute atomic E-state index is 0. The summed E-state index contributed by atoms with van der Waals surface area (Å²) in [6.45, 7) is 13.2. The molecular formula is C26H52N2PdS4. The fraction of sp³-hybridized carbons (Fsp3) is 0.923. The number of hydrogen-bond donors (Lipinski definition) is 0. The zero-order valence-corrected chi connectivity index (χ0v) is 26.8. The van der Waals surface area contributed by atoms with Crippen molar-refractivity contribution in [2.24, 2.45) is 0 Å². The molecule has 200 valence electrons. The van der Waals surface area contributed by atoms with Crippen LogP contribution in [0.15, 0.2) is 0 Å². The molecule has 0 heterocycles. The molecule has 0 fully saturated rings. The quantitative estimate of drug-likeness (QED) is 0.0574. The summed E-state index contributed by atoms with van der Waals surface area (Å²) in [5, 5.41) is 0. The molecule has 0 N–H and O–H groups in total. The topological polar surface area (TPSA) is 6.48 Å². The van der Waals surface area contributed by atoms with E-state index in [0.717, 1.165) is 26.2 Å². The number of rotatable bonds is 20. The van der Waals surface area contributed by atoms with Gasteiger partial charge in [0.25, 0.3) is 0 Å². The smallest absolute Gasteiger partial charge is 0.411 e. The molecule has 0 aromatic carbocycles. The third kappa shape index (κ3) is 29.0. The van der Waals surface area contributed by atoms with Crippen LogP contribution in [0.2, 0.25) is 0 Å². The zero-order chi connectivity index (χ0) is 24.5. The van der Waals surface area contributed by atoms with Gasteiger partial charge in [0, 0.05) is 26.2 Å². The van der Waals surface area contributed by atoms with Crippen molar-refractivity contribution in [2.75, 3.05) is 26.2 Å². The summed E-state index contributed by atoms with van der Waals surface area (Å²) in [7, 11) is 0. The molecule has 0 rings (SSSR count). The molecule has 33 heavy (non-hydrogen) atoms. The van der Waals surface area contributed by atoms with E-state index in [1.165, 1.54) is 103 Å². The van der Waals surface area contributed by atoms with Crippen LogP contribution in [-0.2, 0) is 45.7 Å². The summed E-state index contributed by atoms with van der Waals surface area (Å²) in [4.78, 5) is 4.41. The summed E-state index contributed by atoms with van der Waals surface area (Å²) in [6.07, 6.45) is 20.6. The van der Waals surface area contributed by atoms with Crippen molar-refractivity contribution in [1.29, 1.82) is 0 Å². The maximum Gasteiger partial charge on any atom is 2.00 e. The minimum Gasteiger partial charge on any atom is -0.411 e. The van der Waals surface area contributed by atoms with Crippen molar-refractivity contribution < 1.29 is 20.4 Å². The van der Waals surface area contributed by atoms with Gasteiger partial charge in [-0.1, -0.05) is 113 Å². The van der Waals surface area contributed by atoms with Crippen LogP contribution < -0.4 is 0 Å². The molecule has 0 unspecified atom stereocenters. The summed E-state index contributed by atoms with van der Waals surface area (Å²) in [5.41, 5.74) is 0. The van der Waals surface area contributed by atoms with Crippen molar-refractivity contribution in [3.05, 3.63) is 0 Å². The van der Waals surface area contributed by atoms with Crippen LogP contribution in [0.3, 0.4) is 0 Å². The maximum absolute atomic E-state index is 5.11. The third-order valence-corrected chi connectivity index (χ3v) is 6.68. The largest absolute Gasteiger partial charge is 2.00 e. The Kier molecular flexibility index (Phi) is 36.0. The molecule has 0 bridgehead atoms. The molecule has 0 spiro atoms. The Morgan fingerprint density at radius 3 is 0.818 bits per heavy atom. The van der Waals surface area contributed by atoms with Gasteiger partial charge < -0.3 is 59.5 Å². The summed E-state index contributed by atoms with van der Waals surface area (Å²) >= 11 is 20.5. The molecule has 0 atom stereocenters. The monoisotopic (exact) mass is 626 g/mol. The number of nitrogens with zero attached hydrogens (tertiary/aromatic N) is 2. The van der Waals surface area contributed by atoms with Crippen molar-refractivity contribution >= 4 is 58.3 Å². The second-order valence-electron chi connectivity index (χ2n) is 8.75. The predicted molar refractivity (Wildman–Crippen MR) is 160 cm³/mol. The van der Waals surface area contributed by atoms with Gasteiger partial charge in [-0.25, -0.2) is 0 Å². The van der Waals surface area contributed by atoms with Crippen molar-refractivity contribution in [3.63, 3.8) is 0 Å². The van der Waals surface area contributed by atoms with Crippen LogP contribution in [0.1, 0.15) is 130 Å². The second-order valence-corrected chi connectivity index (χ2v) is 10.8. The number of unbranched alkanes of at least 4 members (excludes halogenated alkanes) is 12. The first-order valence-electron chi connectivity index (χ1n) is 13.4. The van der Waals surface area contributed by atoms with E-state index in [-0.39, 0.29) is 20.4 Å². The van der Waals surface area contributed by atoms with Crippen LogP contribution in [0.5, 0.6) is 0 Å². The first-order valence-corrected chi connectivity index (χ1v) is 15.0. The molecule has 7 heteroatoms. The molecular weight excluding hydrogens is 575 g/mol. The predicted octanol–water partition coefficient (Wildman–Crippen LogP) is 8.56. The molecule has 0 amide bonds. The Hall–Kier alpha value is 0.882. The van der Waals surface area contributed by atoms with E-state index in [4.69, 9.17) is 49.7 Å². The Labute approximate surface area is 243 Å². The van der Waals surface area contributed by atoms with Crippen molar-refractivity contribution in [3.8, 4) is 0 Å². The Bertz CT molecular complexity index is 363. The SMILES string of the molecule is CCCCCCN(CCCCCC)C(=S)[S-].CCCCCCN(CCCCCC)C(=S)[S-].[Pd+2]. The van der Waals surface area contributed by atoms with E-state index in [0.29, 0.717) is 8.64 Å². The molecule has 0 aliphatic carbocycles. The van der Waals surface area contributed by atoms with E-state index >= 15 is 0 Å². The van der Waals surface area contributed by atoms with Gasteiger partial charge in [0.05, 0.1) is 0 Å². The van der Waals surface area contributed by atoms with Crippen molar-refractivity contribution in [2.45, 2.75) is 130 Å². The molecule has 0 saturated heterocycles. The van der Waals surface area contributed by atoms with Crippen LogP contribution >= 0.6 is 24.4 Å². The average molecular weight is 627 g/mol. The third-order valence-electron chi connectivity index (χ3n) is 5.64. The van der Waals surface area contributed by atoms with Gasteiger partial charge in [0.2, 0.25) is 0 Å². The van der Waals surface area contributed by atoms with Crippen LogP contribution in [0, 0.1) is 0 Å². The number of hydrogen-bond acceptors (Lipinski definition) is 4. The van der Waals surface area contributed by atoms with Gasteiger partial charge in [-0.15, -0.1) is 0 Å². The van der Waals surface area contributed by atoms with Gasteiger partial charge >= 0.3 is 20.4 Å². The summed E-state index contributed by atoms with van der Waals surface area (Å²) in [5.74, 6) is 0. The van der Waals surface area contributed by atoms with Crippen molar-refractivity contribution in [1.82, 2.24) is 9.80 Å². The maximum atomic E-state index is 5.11. The fourth-order valence-corrected chi connectivity index (χ4v) is 4.24. The fourth-order valence-electron chi connectivity index (χ4n) is 3.51. The molecule has 0 aliphatic rings. The Balaban J connectivity index is -0.000000529. The minimum atomic E-state index is 0. The second kappa shape index (κ2) is 30.9. The molecule has 0 saturated carbocycles. The van der Waals surface area contributed by atoms with Gasteiger partial charge in [-0.05, 0) is 25.7 Å². The molecule has 0 aromatic rings. The summed E-state index contributed by atoms with van der Waals surface area (Å²) < 4.78 is 1.32. The van der Waals surface area contributed by atoms with Crippen LogP contribution in [0.4, 0.5) is 0 Å². The summed E-state index contributed by atoms with van der Waals surface area (Å²) in [6, 6.07) is 0. The van der Waals surface area contributed by atoms with E-state index in [9.17, 15) is 0 Å². The molecule has 2 nitrogen and oxygen atoms in total. The zero-order valence-electron chi connectivity index (χ0n) is 22.0. The normalized spacial score (nSPS) is 10.1. The van der Waals surface area contributed by atoms with Crippen LogP contribution in [-0.4, -0.2) is 44.6 Å². The molecule has 0 aliphatic heterocycles. The van der Waals surface area contributed by atoms with Crippen LogP contribution in [0.25, 0.3) is 0 Å². The van der Waals surface area contributed by atoms with Gasteiger partial charge in [0.1, 0.15) is 0 Å². The van der Waals surface area contributed by atoms with E-state index in [2.05, 4.69) is 37.5 Å². The Morgan fingerprint density at radius 2 is 0.667 bits per heavy atom. The molecule has 0 radical (unpaired) electrons. The van der Waals surface area contributed by atoms with E-state index in [1.807, 2.05) is 0 Å². The van der Waals surface area contributed by atoms with E-state index in [1.54, 1.807) is 0 Å². The van der Waals surface area contributed by atoms with E-state index < -0.39 is 0 Å². The first-order chi connectivity index (χ1) is 15.4. The average Bonchev–Trinajstić information content (AvgIpc) is 2.77. The Morgan fingerprint density at radius 1 is 0.455 bits per heavy atom. The van der Waals surface area contributed by atoms with Gasteiger partial charge in [-0.3, -0.25) is 0 Å². The van der Waals surface area contributed by atoms with Gasteiger partial charge in [0.15, 0.2) is 0 Å².